The van der Waals surface area contributed by atoms with Gasteiger partial charge in [-0.25, -0.2) is 4.98 Å². The van der Waals surface area contributed by atoms with Crippen molar-refractivity contribution in [3.63, 3.8) is 0 Å². The van der Waals surface area contributed by atoms with Crippen molar-refractivity contribution in [3.05, 3.63) is 28.5 Å². The van der Waals surface area contributed by atoms with E-state index in [2.05, 4.69) is 26.2 Å². The lowest BCUT2D eigenvalue weighted by Crippen LogP contribution is -2.25. The summed E-state index contributed by atoms with van der Waals surface area (Å²) in [7, 11) is 1.70. The number of ether oxygens (including phenoxy) is 1. The molecule has 4 nitrogen and oxygen atoms in total. The third kappa shape index (κ3) is 5.28. The third-order valence-electron chi connectivity index (χ3n) is 2.31. The van der Waals surface area contributed by atoms with Gasteiger partial charge in [0.15, 0.2) is 0 Å². The van der Waals surface area contributed by atoms with Crippen molar-refractivity contribution in [2.24, 2.45) is 0 Å². The average Bonchev–Trinajstić information content (AvgIpc) is 2.34. The summed E-state index contributed by atoms with van der Waals surface area (Å²) in [4.78, 5) is 15.8. The molecule has 0 fully saturated rings. The number of unbranched alkanes of at least 4 members (excludes halogenated alkanes) is 2. The van der Waals surface area contributed by atoms with E-state index in [0.29, 0.717) is 16.7 Å². The first-order chi connectivity index (χ1) is 8.25. The van der Waals surface area contributed by atoms with Crippen LogP contribution < -0.4 is 5.32 Å². The van der Waals surface area contributed by atoms with Gasteiger partial charge in [-0.2, -0.15) is 0 Å². The van der Waals surface area contributed by atoms with Gasteiger partial charge in [-0.05, 0) is 47.3 Å². The van der Waals surface area contributed by atoms with E-state index < -0.39 is 0 Å². The molecule has 1 N–H and O–H groups in total. The zero-order valence-corrected chi connectivity index (χ0v) is 11.5. The number of pyridine rings is 1. The molecular formula is C12H17BrN2O2. The Morgan fingerprint density at radius 3 is 3.00 bits per heavy atom. The molecule has 1 aromatic rings. The van der Waals surface area contributed by atoms with Gasteiger partial charge in [0.25, 0.3) is 5.91 Å². The van der Waals surface area contributed by atoms with Crippen molar-refractivity contribution in [3.8, 4) is 0 Å². The Balaban J connectivity index is 2.24. The maximum Gasteiger partial charge on any atom is 0.254 e. The lowest BCUT2D eigenvalue weighted by atomic mass is 10.2. The van der Waals surface area contributed by atoms with Crippen molar-refractivity contribution in [2.45, 2.75) is 19.3 Å². The first-order valence-corrected chi connectivity index (χ1v) is 6.42. The molecule has 0 aliphatic carbocycles. The molecule has 0 unspecified atom stereocenters. The number of carbonyl (C=O) groups is 1. The van der Waals surface area contributed by atoms with Gasteiger partial charge in [-0.15, -0.1) is 0 Å². The molecule has 5 heteroatoms. The van der Waals surface area contributed by atoms with Gasteiger partial charge < -0.3 is 10.1 Å². The number of hydrogen-bond acceptors (Lipinski definition) is 3. The maximum atomic E-state index is 11.7. The highest BCUT2D eigenvalue weighted by Gasteiger charge is 2.08. The molecule has 1 heterocycles. The maximum absolute atomic E-state index is 11.7. The average molecular weight is 301 g/mol. The first kappa shape index (κ1) is 14.1. The molecule has 17 heavy (non-hydrogen) atoms. The summed E-state index contributed by atoms with van der Waals surface area (Å²) in [6.07, 6.45) is 4.70. The molecule has 1 aromatic heterocycles. The Morgan fingerprint density at radius 1 is 1.47 bits per heavy atom. The number of aromatic nitrogens is 1. The second-order valence-corrected chi connectivity index (χ2v) is 4.40. The van der Waals surface area contributed by atoms with Gasteiger partial charge >= 0.3 is 0 Å². The van der Waals surface area contributed by atoms with Crippen LogP contribution in [0.4, 0.5) is 0 Å². The van der Waals surface area contributed by atoms with Crippen molar-refractivity contribution < 1.29 is 9.53 Å². The highest BCUT2D eigenvalue weighted by atomic mass is 79.9. The highest BCUT2D eigenvalue weighted by molar-refractivity contribution is 9.10. The van der Waals surface area contributed by atoms with E-state index in [1.54, 1.807) is 25.4 Å². The van der Waals surface area contributed by atoms with E-state index >= 15 is 0 Å². The number of nitrogens with one attached hydrogen (secondary N) is 1. The van der Waals surface area contributed by atoms with Crippen LogP contribution in [0.3, 0.4) is 0 Å². The van der Waals surface area contributed by atoms with Crippen LogP contribution in [-0.4, -0.2) is 31.2 Å². The standard InChI is InChI=1S/C12H17BrN2O2/c1-17-9-4-2-3-7-15-12(16)10-6-5-8-14-11(10)13/h5-6,8H,2-4,7,9H2,1H3,(H,15,16). The molecule has 94 valence electrons. The predicted molar refractivity (Wildman–Crippen MR) is 70.0 cm³/mol. The smallest absolute Gasteiger partial charge is 0.254 e. The minimum absolute atomic E-state index is 0.0864. The number of hydrogen-bond donors (Lipinski definition) is 1. The fourth-order valence-electron chi connectivity index (χ4n) is 1.40. The minimum Gasteiger partial charge on any atom is -0.385 e. The lowest BCUT2D eigenvalue weighted by molar-refractivity contribution is 0.0951. The van der Waals surface area contributed by atoms with Crippen LogP contribution in [0.1, 0.15) is 29.6 Å². The SMILES string of the molecule is COCCCCCNC(=O)c1cccnc1Br. The van der Waals surface area contributed by atoms with Gasteiger partial charge in [0.2, 0.25) is 0 Å². The Bertz CT molecular complexity index is 358. The van der Waals surface area contributed by atoms with Crippen LogP contribution in [0.5, 0.6) is 0 Å². The second-order valence-electron chi connectivity index (χ2n) is 3.65. The Hall–Kier alpha value is -0.940. The predicted octanol–water partition coefficient (Wildman–Crippen LogP) is 2.39. The Morgan fingerprint density at radius 2 is 2.29 bits per heavy atom. The monoisotopic (exact) mass is 300 g/mol. The first-order valence-electron chi connectivity index (χ1n) is 5.63. The number of nitrogens with zero attached hydrogens (tertiary/aromatic N) is 1. The number of rotatable bonds is 7. The van der Waals surface area contributed by atoms with E-state index in [9.17, 15) is 4.79 Å². The molecule has 0 saturated carbocycles. The lowest BCUT2D eigenvalue weighted by Gasteiger charge is -2.06. The van der Waals surface area contributed by atoms with Gasteiger partial charge in [-0.3, -0.25) is 4.79 Å². The minimum atomic E-state index is -0.0864. The fourth-order valence-corrected chi connectivity index (χ4v) is 1.83. The summed E-state index contributed by atoms with van der Waals surface area (Å²) in [6, 6.07) is 3.50. The van der Waals surface area contributed by atoms with E-state index in [1.807, 2.05) is 0 Å². The summed E-state index contributed by atoms with van der Waals surface area (Å²) >= 11 is 3.25. The van der Waals surface area contributed by atoms with Crippen LogP contribution in [0.25, 0.3) is 0 Å². The normalized spacial score (nSPS) is 10.2. The molecule has 0 spiro atoms. The van der Waals surface area contributed by atoms with Crippen molar-refractivity contribution in [1.29, 1.82) is 0 Å². The topological polar surface area (TPSA) is 51.2 Å². The second kappa shape index (κ2) is 8.20. The zero-order chi connectivity index (χ0) is 12.5. The molecule has 1 amide bonds. The van der Waals surface area contributed by atoms with E-state index in [1.165, 1.54) is 0 Å². The van der Waals surface area contributed by atoms with E-state index in [0.717, 1.165) is 25.9 Å². The van der Waals surface area contributed by atoms with Gasteiger partial charge in [-0.1, -0.05) is 0 Å². The molecule has 0 aliphatic heterocycles. The van der Waals surface area contributed by atoms with Crippen LogP contribution in [-0.2, 0) is 4.74 Å². The summed E-state index contributed by atoms with van der Waals surface area (Å²) in [5.74, 6) is -0.0864. The molecule has 0 aromatic carbocycles. The summed E-state index contributed by atoms with van der Waals surface area (Å²) in [5.41, 5.74) is 0.574. The van der Waals surface area contributed by atoms with Gasteiger partial charge in [0.05, 0.1) is 5.56 Å². The van der Waals surface area contributed by atoms with E-state index in [-0.39, 0.29) is 5.91 Å². The van der Waals surface area contributed by atoms with Crippen LogP contribution in [0.2, 0.25) is 0 Å². The van der Waals surface area contributed by atoms with Gasteiger partial charge in [0.1, 0.15) is 4.60 Å². The van der Waals surface area contributed by atoms with Gasteiger partial charge in [0, 0.05) is 26.5 Å². The fraction of sp³-hybridized carbons (Fsp3) is 0.500. The Labute approximate surface area is 110 Å². The third-order valence-corrected chi connectivity index (χ3v) is 2.95. The molecule has 0 radical (unpaired) electrons. The van der Waals surface area contributed by atoms with Crippen LogP contribution >= 0.6 is 15.9 Å². The number of carbonyl (C=O) groups excluding carboxylic acids is 1. The molecule has 1 rings (SSSR count). The summed E-state index contributed by atoms with van der Waals surface area (Å²) < 4.78 is 5.53. The number of halogens is 1. The quantitative estimate of drug-likeness (QED) is 0.621. The number of methoxy groups -OCH3 is 1. The molecular weight excluding hydrogens is 284 g/mol. The number of amides is 1. The molecule has 0 aliphatic rings. The van der Waals surface area contributed by atoms with Crippen LogP contribution in [0.15, 0.2) is 22.9 Å². The van der Waals surface area contributed by atoms with Crippen molar-refractivity contribution in [2.75, 3.05) is 20.3 Å². The van der Waals surface area contributed by atoms with Crippen LogP contribution in [0, 0.1) is 0 Å². The molecule has 0 atom stereocenters. The van der Waals surface area contributed by atoms with Crippen molar-refractivity contribution in [1.82, 2.24) is 10.3 Å². The zero-order valence-electron chi connectivity index (χ0n) is 9.91. The summed E-state index contributed by atoms with van der Waals surface area (Å²) in [6.45, 7) is 1.46. The largest absolute Gasteiger partial charge is 0.385 e. The Kier molecular flexibility index (Phi) is 6.81. The molecule has 0 bridgehead atoms. The summed E-state index contributed by atoms with van der Waals surface area (Å²) in [5, 5.41) is 2.87. The van der Waals surface area contributed by atoms with Crippen molar-refractivity contribution >= 4 is 21.8 Å². The molecule has 0 saturated heterocycles. The van der Waals surface area contributed by atoms with E-state index in [4.69, 9.17) is 4.74 Å². The highest BCUT2D eigenvalue weighted by Crippen LogP contribution is 2.11.